The number of hydrogen-bond donors (Lipinski definition) is 0. The lowest BCUT2D eigenvalue weighted by molar-refractivity contribution is -0.131. The van der Waals surface area contributed by atoms with Gasteiger partial charge in [-0.05, 0) is 50.6 Å². The quantitative estimate of drug-likeness (QED) is 0.861. The largest absolute Gasteiger partial charge is 0.494 e. The van der Waals surface area contributed by atoms with Gasteiger partial charge in [0, 0.05) is 12.8 Å². The first-order valence-corrected chi connectivity index (χ1v) is 8.54. The summed E-state index contributed by atoms with van der Waals surface area (Å²) in [6, 6.07) is 8.39. The number of hydrazone groups is 1. The summed E-state index contributed by atoms with van der Waals surface area (Å²) >= 11 is 0. The molecule has 2 atom stereocenters. The smallest absolute Gasteiger partial charge is 0.240 e. The highest BCUT2D eigenvalue weighted by Gasteiger charge is 2.50. The predicted octanol–water partition coefficient (Wildman–Crippen LogP) is 2.44. The molecule has 0 aromatic heterocycles. The Balaban J connectivity index is 1.69. The second-order valence-electron chi connectivity index (χ2n) is 6.59. The molecule has 1 aromatic rings. The maximum Gasteiger partial charge on any atom is 0.240 e. The van der Waals surface area contributed by atoms with Crippen molar-refractivity contribution >= 4 is 11.6 Å². The van der Waals surface area contributed by atoms with Crippen LogP contribution in [0.25, 0.3) is 0 Å². The first-order valence-electron chi connectivity index (χ1n) is 8.54. The molecule has 5 nitrogen and oxygen atoms in total. The fourth-order valence-electron chi connectivity index (χ4n) is 4.24. The normalized spacial score (nSPS) is 31.7. The Bertz CT molecular complexity index is 632. The zero-order valence-electron chi connectivity index (χ0n) is 13.7. The van der Waals surface area contributed by atoms with Gasteiger partial charge in [0.05, 0.1) is 18.4 Å². The lowest BCUT2D eigenvalue weighted by atomic mass is 9.78. The predicted molar refractivity (Wildman–Crippen MR) is 88.4 cm³/mol. The maximum atomic E-state index is 12.2. The Morgan fingerprint density at radius 2 is 1.91 bits per heavy atom. The number of carbonyl (C=O) groups excluding carboxylic acids is 1. The van der Waals surface area contributed by atoms with Crippen LogP contribution in [0.15, 0.2) is 29.4 Å². The van der Waals surface area contributed by atoms with Crippen molar-refractivity contribution in [3.63, 3.8) is 0 Å². The Morgan fingerprint density at radius 1 is 1.22 bits per heavy atom. The van der Waals surface area contributed by atoms with Gasteiger partial charge in [0.1, 0.15) is 11.8 Å². The van der Waals surface area contributed by atoms with Crippen LogP contribution in [0.2, 0.25) is 0 Å². The summed E-state index contributed by atoms with van der Waals surface area (Å²) in [4.78, 5) is 14.7. The van der Waals surface area contributed by atoms with Gasteiger partial charge in [-0.2, -0.15) is 5.10 Å². The summed E-state index contributed by atoms with van der Waals surface area (Å²) in [6.45, 7) is 6.49. The Labute approximate surface area is 136 Å². The molecule has 3 fully saturated rings. The minimum absolute atomic E-state index is 0.00118. The van der Waals surface area contributed by atoms with Gasteiger partial charge in [-0.15, -0.1) is 0 Å². The third-order valence-corrected chi connectivity index (χ3v) is 5.29. The number of nitrogens with zero attached hydrogens (tertiary/aromatic N) is 3. The standard InChI is InChI=1S/C18H23N3O2/c1-3-23-15-6-4-14(5-7-15)17-18-16(19-21(17)12(2)22)13-8-10-20(18)11-9-13/h4-7,13,17-18H,3,8-11H2,1-2H3/t17-,18-/m0/s1. The van der Waals surface area contributed by atoms with Crippen molar-refractivity contribution in [2.75, 3.05) is 19.7 Å². The van der Waals surface area contributed by atoms with Gasteiger partial charge >= 0.3 is 0 Å². The van der Waals surface area contributed by atoms with Crippen LogP contribution in [0.3, 0.4) is 0 Å². The van der Waals surface area contributed by atoms with Gasteiger partial charge in [-0.25, -0.2) is 5.01 Å². The third-order valence-electron chi connectivity index (χ3n) is 5.29. The van der Waals surface area contributed by atoms with Gasteiger partial charge in [0.15, 0.2) is 0 Å². The molecule has 0 spiro atoms. The molecule has 3 saturated heterocycles. The molecule has 0 unspecified atom stereocenters. The SMILES string of the molecule is CCOc1ccc([C@H]2[C@@H]3C(=NN2C(C)=O)C2CCN3CC2)cc1. The minimum Gasteiger partial charge on any atom is -0.494 e. The van der Waals surface area contributed by atoms with Crippen LogP contribution < -0.4 is 4.74 Å². The van der Waals surface area contributed by atoms with Gasteiger partial charge in [0.2, 0.25) is 5.91 Å². The molecule has 5 heteroatoms. The van der Waals surface area contributed by atoms with Crippen LogP contribution in [-0.4, -0.2) is 47.3 Å². The highest BCUT2D eigenvalue weighted by Crippen LogP contribution is 2.43. The van der Waals surface area contributed by atoms with E-state index in [0.717, 1.165) is 24.4 Å². The van der Waals surface area contributed by atoms with E-state index in [0.29, 0.717) is 12.5 Å². The van der Waals surface area contributed by atoms with Crippen molar-refractivity contribution in [3.8, 4) is 5.75 Å². The number of carbonyl (C=O) groups is 1. The number of fused-ring (bicyclic) bond motifs is 2. The first kappa shape index (κ1) is 14.7. The molecule has 1 aromatic carbocycles. The first-order chi connectivity index (χ1) is 11.2. The van der Waals surface area contributed by atoms with Crippen LogP contribution in [0.4, 0.5) is 0 Å². The molecular weight excluding hydrogens is 290 g/mol. The Morgan fingerprint density at radius 3 is 2.52 bits per heavy atom. The lowest BCUT2D eigenvalue weighted by Gasteiger charge is -2.46. The van der Waals surface area contributed by atoms with Gasteiger partial charge in [0.25, 0.3) is 0 Å². The van der Waals surface area contributed by atoms with E-state index in [1.165, 1.54) is 18.6 Å². The Kier molecular flexibility index (Phi) is 3.60. The van der Waals surface area contributed by atoms with Crippen molar-refractivity contribution in [2.45, 2.75) is 38.8 Å². The van der Waals surface area contributed by atoms with Crippen molar-refractivity contribution in [2.24, 2.45) is 11.0 Å². The maximum absolute atomic E-state index is 12.2. The summed E-state index contributed by atoms with van der Waals surface area (Å²) in [5.41, 5.74) is 2.36. The molecule has 4 aliphatic heterocycles. The summed E-state index contributed by atoms with van der Waals surface area (Å²) in [6.07, 6.45) is 2.36. The second-order valence-corrected chi connectivity index (χ2v) is 6.59. The average Bonchev–Trinajstić information content (AvgIpc) is 3.00. The van der Waals surface area contributed by atoms with Gasteiger partial charge in [-0.3, -0.25) is 9.69 Å². The highest BCUT2D eigenvalue weighted by atomic mass is 16.5. The molecule has 2 bridgehead atoms. The fourth-order valence-corrected chi connectivity index (χ4v) is 4.24. The summed E-state index contributed by atoms with van der Waals surface area (Å²) in [5, 5.41) is 6.44. The topological polar surface area (TPSA) is 45.1 Å². The van der Waals surface area contributed by atoms with Gasteiger partial charge < -0.3 is 4.74 Å². The molecule has 0 N–H and O–H groups in total. The molecule has 0 saturated carbocycles. The van der Waals surface area contributed by atoms with Crippen LogP contribution in [0.5, 0.6) is 5.75 Å². The second kappa shape index (κ2) is 5.64. The molecule has 4 aliphatic rings. The van der Waals surface area contributed by atoms with E-state index in [-0.39, 0.29) is 18.0 Å². The van der Waals surface area contributed by atoms with E-state index >= 15 is 0 Å². The molecule has 5 rings (SSSR count). The number of hydrogen-bond acceptors (Lipinski definition) is 4. The molecule has 23 heavy (non-hydrogen) atoms. The number of piperidine rings is 3. The van der Waals surface area contributed by atoms with Crippen LogP contribution >= 0.6 is 0 Å². The Hall–Kier alpha value is -1.88. The van der Waals surface area contributed by atoms with Crippen LogP contribution in [0, 0.1) is 5.92 Å². The molecule has 4 heterocycles. The summed E-state index contributed by atoms with van der Waals surface area (Å²) in [5.74, 6) is 1.45. The third kappa shape index (κ3) is 2.34. The van der Waals surface area contributed by atoms with Crippen LogP contribution in [0.1, 0.15) is 38.3 Å². The van der Waals surface area contributed by atoms with E-state index in [1.54, 1.807) is 11.9 Å². The molecular formula is C18H23N3O2. The molecule has 122 valence electrons. The number of amides is 1. The minimum atomic E-state index is 0.00118. The van der Waals surface area contributed by atoms with E-state index in [1.807, 2.05) is 19.1 Å². The van der Waals surface area contributed by atoms with Crippen molar-refractivity contribution < 1.29 is 9.53 Å². The highest BCUT2D eigenvalue weighted by molar-refractivity contribution is 5.97. The summed E-state index contributed by atoms with van der Waals surface area (Å²) in [7, 11) is 0. The van der Waals surface area contributed by atoms with E-state index < -0.39 is 0 Å². The number of rotatable bonds is 3. The monoisotopic (exact) mass is 313 g/mol. The molecule has 0 aliphatic carbocycles. The lowest BCUT2D eigenvalue weighted by Crippen LogP contribution is -2.56. The van der Waals surface area contributed by atoms with Gasteiger partial charge in [-0.1, -0.05) is 12.1 Å². The zero-order chi connectivity index (χ0) is 16.0. The summed E-state index contributed by atoms with van der Waals surface area (Å²) < 4.78 is 5.53. The fraction of sp³-hybridized carbons (Fsp3) is 0.556. The van der Waals surface area contributed by atoms with Crippen LogP contribution in [-0.2, 0) is 4.79 Å². The van der Waals surface area contributed by atoms with E-state index in [9.17, 15) is 4.79 Å². The number of ether oxygens (including phenoxy) is 1. The van der Waals surface area contributed by atoms with Crippen molar-refractivity contribution in [1.82, 2.24) is 9.91 Å². The van der Waals surface area contributed by atoms with Crippen molar-refractivity contribution in [1.29, 1.82) is 0 Å². The molecule has 1 amide bonds. The zero-order valence-corrected chi connectivity index (χ0v) is 13.7. The van der Waals surface area contributed by atoms with Crippen molar-refractivity contribution in [3.05, 3.63) is 29.8 Å². The average molecular weight is 313 g/mol. The van der Waals surface area contributed by atoms with E-state index in [2.05, 4.69) is 17.0 Å². The molecule has 0 radical (unpaired) electrons. The van der Waals surface area contributed by atoms with E-state index in [4.69, 9.17) is 9.84 Å². The number of benzene rings is 1.